The smallest absolute Gasteiger partial charge is 0.255 e. The molecule has 6 nitrogen and oxygen atoms in total. The summed E-state index contributed by atoms with van der Waals surface area (Å²) < 4.78 is 19.1. The lowest BCUT2D eigenvalue weighted by Crippen LogP contribution is -2.59. The topological polar surface area (TPSA) is 76.3 Å². The van der Waals surface area contributed by atoms with Crippen molar-refractivity contribution in [1.82, 2.24) is 15.3 Å². The standard InChI is InChI=1S/C18H22FN5OS.ClH/c1-11-14(19)15(25-2)22-17(21-11)24-8-13-9-26-16(20)23-18(13,10-24)12-6-4-3-5-7-12;/h3-7,13,16,23H,8-10,20H2,1-2H3;1H/t13-,16?,18+;/m0./s1. The number of methoxy groups -OCH3 is 1. The maximum atomic E-state index is 14.1. The van der Waals surface area contributed by atoms with Crippen molar-refractivity contribution in [3.8, 4) is 5.88 Å². The van der Waals surface area contributed by atoms with E-state index in [-0.39, 0.29) is 35.0 Å². The van der Waals surface area contributed by atoms with Gasteiger partial charge in [0, 0.05) is 24.8 Å². The zero-order valence-corrected chi connectivity index (χ0v) is 16.8. The van der Waals surface area contributed by atoms with Gasteiger partial charge in [-0.2, -0.15) is 9.37 Å². The Morgan fingerprint density at radius 1 is 1.33 bits per heavy atom. The number of nitrogens with two attached hydrogens (primary N) is 1. The number of nitrogens with zero attached hydrogens (tertiary/aromatic N) is 3. The van der Waals surface area contributed by atoms with Crippen LogP contribution < -0.4 is 20.7 Å². The minimum Gasteiger partial charge on any atom is -0.479 e. The average molecular weight is 412 g/mol. The van der Waals surface area contributed by atoms with E-state index < -0.39 is 5.82 Å². The average Bonchev–Trinajstić information content (AvgIpc) is 3.04. The summed E-state index contributed by atoms with van der Waals surface area (Å²) in [7, 11) is 1.42. The Balaban J connectivity index is 0.00000210. The normalized spacial score (nSPS) is 27.0. The molecule has 0 radical (unpaired) electrons. The van der Waals surface area contributed by atoms with Gasteiger partial charge in [-0.25, -0.2) is 4.98 Å². The molecule has 1 unspecified atom stereocenters. The third kappa shape index (κ3) is 3.47. The number of ether oxygens (including phenoxy) is 1. The van der Waals surface area contributed by atoms with Gasteiger partial charge in [0.25, 0.3) is 5.88 Å². The van der Waals surface area contributed by atoms with Crippen LogP contribution in [-0.2, 0) is 5.54 Å². The number of fused-ring (bicyclic) bond motifs is 1. The van der Waals surface area contributed by atoms with Crippen LogP contribution in [0.2, 0.25) is 0 Å². The molecular formula is C18H23ClFN5OS. The number of rotatable bonds is 3. The second kappa shape index (κ2) is 7.79. The summed E-state index contributed by atoms with van der Waals surface area (Å²) in [6.45, 7) is 3.07. The lowest BCUT2D eigenvalue weighted by atomic mass is 9.81. The van der Waals surface area contributed by atoms with Gasteiger partial charge in [0.05, 0.1) is 18.3 Å². The summed E-state index contributed by atoms with van der Waals surface area (Å²) in [5.74, 6) is 1.24. The van der Waals surface area contributed by atoms with Crippen molar-refractivity contribution in [1.29, 1.82) is 0 Å². The number of hydrogen-bond acceptors (Lipinski definition) is 7. The first-order chi connectivity index (χ1) is 12.5. The van der Waals surface area contributed by atoms with Gasteiger partial charge in [-0.3, -0.25) is 5.32 Å². The van der Waals surface area contributed by atoms with E-state index in [1.165, 1.54) is 12.7 Å². The Bertz CT molecular complexity index is 814. The summed E-state index contributed by atoms with van der Waals surface area (Å²) in [5, 5.41) is 3.60. The highest BCUT2D eigenvalue weighted by atomic mass is 35.5. The van der Waals surface area contributed by atoms with E-state index in [9.17, 15) is 4.39 Å². The molecule has 0 saturated carbocycles. The van der Waals surface area contributed by atoms with Gasteiger partial charge in [-0.05, 0) is 12.5 Å². The molecule has 0 amide bonds. The van der Waals surface area contributed by atoms with E-state index in [0.717, 1.165) is 12.3 Å². The molecule has 1 aromatic carbocycles. The fourth-order valence-electron chi connectivity index (χ4n) is 3.88. The minimum atomic E-state index is -0.513. The van der Waals surface area contributed by atoms with E-state index in [1.54, 1.807) is 18.7 Å². The summed E-state index contributed by atoms with van der Waals surface area (Å²) in [6.07, 6.45) is 0. The largest absolute Gasteiger partial charge is 0.479 e. The van der Waals surface area contributed by atoms with Gasteiger partial charge < -0.3 is 15.4 Å². The van der Waals surface area contributed by atoms with Crippen molar-refractivity contribution in [2.45, 2.75) is 18.0 Å². The number of aryl methyl sites for hydroxylation is 1. The Morgan fingerprint density at radius 2 is 2.07 bits per heavy atom. The van der Waals surface area contributed by atoms with Gasteiger partial charge in [-0.1, -0.05) is 30.3 Å². The predicted molar refractivity (Wildman–Crippen MR) is 108 cm³/mol. The number of benzene rings is 1. The monoisotopic (exact) mass is 411 g/mol. The molecule has 2 aromatic rings. The van der Waals surface area contributed by atoms with E-state index >= 15 is 0 Å². The van der Waals surface area contributed by atoms with Crippen molar-refractivity contribution in [2.24, 2.45) is 11.7 Å². The quantitative estimate of drug-likeness (QED) is 0.802. The third-order valence-corrected chi connectivity index (χ3v) is 6.27. The minimum absolute atomic E-state index is 0. The Morgan fingerprint density at radius 3 is 2.78 bits per heavy atom. The zero-order chi connectivity index (χ0) is 18.3. The molecule has 0 spiro atoms. The highest BCUT2D eigenvalue weighted by Gasteiger charge is 2.51. The fraction of sp³-hybridized carbons (Fsp3) is 0.444. The maximum Gasteiger partial charge on any atom is 0.255 e. The van der Waals surface area contributed by atoms with E-state index in [0.29, 0.717) is 18.4 Å². The lowest BCUT2D eigenvalue weighted by molar-refractivity contribution is 0.274. The summed E-state index contributed by atoms with van der Waals surface area (Å²) >= 11 is 1.71. The van der Waals surface area contributed by atoms with Crippen LogP contribution in [-0.4, -0.2) is 41.4 Å². The lowest BCUT2D eigenvalue weighted by Gasteiger charge is -2.42. The zero-order valence-electron chi connectivity index (χ0n) is 15.2. The first-order valence-corrected chi connectivity index (χ1v) is 9.62. The molecule has 146 valence electrons. The van der Waals surface area contributed by atoms with E-state index in [1.807, 2.05) is 18.2 Å². The molecule has 2 aliphatic heterocycles. The Kier molecular flexibility index (Phi) is 5.81. The van der Waals surface area contributed by atoms with Gasteiger partial charge in [0.15, 0.2) is 0 Å². The number of anilines is 1. The molecule has 0 bridgehead atoms. The first-order valence-electron chi connectivity index (χ1n) is 8.57. The summed E-state index contributed by atoms with van der Waals surface area (Å²) in [4.78, 5) is 10.7. The van der Waals surface area contributed by atoms with Crippen LogP contribution in [0.15, 0.2) is 30.3 Å². The molecule has 27 heavy (non-hydrogen) atoms. The van der Waals surface area contributed by atoms with Crippen LogP contribution in [0.3, 0.4) is 0 Å². The maximum absolute atomic E-state index is 14.1. The highest BCUT2D eigenvalue weighted by Crippen LogP contribution is 2.43. The highest BCUT2D eigenvalue weighted by molar-refractivity contribution is 7.99. The van der Waals surface area contributed by atoms with Gasteiger partial charge in [0.1, 0.15) is 5.50 Å². The Labute approximate surface area is 168 Å². The second-order valence-corrected chi connectivity index (χ2v) is 7.92. The number of aromatic nitrogens is 2. The van der Waals surface area contributed by atoms with Crippen LogP contribution >= 0.6 is 24.2 Å². The van der Waals surface area contributed by atoms with Crippen molar-refractivity contribution < 1.29 is 9.13 Å². The predicted octanol–water partition coefficient (Wildman–Crippen LogP) is 2.26. The summed E-state index contributed by atoms with van der Waals surface area (Å²) in [5.41, 5.74) is 7.31. The number of hydrogen-bond donors (Lipinski definition) is 2. The van der Waals surface area contributed by atoms with Gasteiger partial charge >= 0.3 is 0 Å². The molecule has 2 fully saturated rings. The number of nitrogens with one attached hydrogen (secondary N) is 1. The molecule has 3 N–H and O–H groups in total. The molecule has 0 aliphatic carbocycles. The van der Waals surface area contributed by atoms with Crippen molar-refractivity contribution in [2.75, 3.05) is 30.9 Å². The molecule has 2 aliphatic rings. The number of halogens is 2. The molecule has 3 heterocycles. The van der Waals surface area contributed by atoms with Crippen molar-refractivity contribution in [3.05, 3.63) is 47.4 Å². The summed E-state index contributed by atoms with van der Waals surface area (Å²) in [6, 6.07) is 10.4. The van der Waals surface area contributed by atoms with Crippen LogP contribution in [0.4, 0.5) is 10.3 Å². The molecule has 3 atom stereocenters. The Hall–Kier alpha value is -1.61. The van der Waals surface area contributed by atoms with Gasteiger partial charge in [0.2, 0.25) is 11.8 Å². The number of thioether (sulfide) groups is 1. The van der Waals surface area contributed by atoms with Gasteiger partial charge in [-0.15, -0.1) is 24.2 Å². The van der Waals surface area contributed by atoms with E-state index in [2.05, 4.69) is 32.3 Å². The molecule has 4 rings (SSSR count). The van der Waals surface area contributed by atoms with Crippen LogP contribution in [0.5, 0.6) is 5.88 Å². The second-order valence-electron chi connectivity index (χ2n) is 6.75. The molecule has 2 saturated heterocycles. The van der Waals surface area contributed by atoms with Crippen molar-refractivity contribution in [3.63, 3.8) is 0 Å². The molecule has 9 heteroatoms. The van der Waals surface area contributed by atoms with Crippen LogP contribution in [0.25, 0.3) is 0 Å². The van der Waals surface area contributed by atoms with Crippen LogP contribution in [0.1, 0.15) is 11.3 Å². The first kappa shape index (κ1) is 20.1. The van der Waals surface area contributed by atoms with Crippen molar-refractivity contribution >= 4 is 30.1 Å². The molecule has 1 aromatic heterocycles. The van der Waals surface area contributed by atoms with E-state index in [4.69, 9.17) is 10.5 Å². The third-order valence-electron chi connectivity index (χ3n) is 5.19. The fourth-order valence-corrected chi connectivity index (χ4v) is 5.01. The van der Waals surface area contributed by atoms with Crippen LogP contribution in [0, 0.1) is 18.7 Å². The molecular weight excluding hydrogens is 389 g/mol. The SMILES string of the molecule is COc1nc(N2C[C@H]3CSC(N)N[C@@]3(c3ccccc3)C2)nc(C)c1F.Cl.